The molecule has 1 aliphatic heterocycles. The molecule has 11 nitrogen and oxygen atoms in total. The fourth-order valence-electron chi connectivity index (χ4n) is 3.66. The Morgan fingerprint density at radius 2 is 1.71 bits per heavy atom. The van der Waals surface area contributed by atoms with Gasteiger partial charge in [-0.05, 0) is 37.1 Å². The molecule has 1 aliphatic rings. The van der Waals surface area contributed by atoms with Crippen molar-refractivity contribution < 1.29 is 13.2 Å². The van der Waals surface area contributed by atoms with Crippen molar-refractivity contribution in [3.8, 4) is 0 Å². The average Bonchev–Trinajstić information content (AvgIpc) is 3.42. The topological polar surface area (TPSA) is 128 Å². The summed E-state index contributed by atoms with van der Waals surface area (Å²) in [4.78, 5) is 41.2. The number of anilines is 1. The van der Waals surface area contributed by atoms with E-state index in [0.29, 0.717) is 18.8 Å². The molecule has 0 spiro atoms. The van der Waals surface area contributed by atoms with Crippen molar-refractivity contribution in [2.24, 2.45) is 14.1 Å². The predicted octanol–water partition coefficient (Wildman–Crippen LogP) is -0.143. The number of amides is 1. The lowest BCUT2D eigenvalue weighted by Crippen LogP contribution is -2.37. The molecule has 1 saturated heterocycles. The summed E-state index contributed by atoms with van der Waals surface area (Å²) in [6, 6.07) is 5.97. The number of aryl methyl sites for hydroxylation is 1. The monoisotopic (exact) mass is 446 g/mol. The molecular formula is C19H22N6O5S. The molecule has 1 amide bonds. The van der Waals surface area contributed by atoms with Crippen LogP contribution in [0.1, 0.15) is 12.8 Å². The molecule has 1 aromatic carbocycles. The number of hydrogen-bond donors (Lipinski definition) is 1. The number of imidazole rings is 1. The third kappa shape index (κ3) is 3.68. The van der Waals surface area contributed by atoms with E-state index < -0.39 is 27.2 Å². The number of nitrogens with one attached hydrogen (secondary N) is 1. The van der Waals surface area contributed by atoms with Crippen LogP contribution < -0.4 is 16.6 Å². The van der Waals surface area contributed by atoms with E-state index in [1.165, 1.54) is 58.1 Å². The number of fused-ring (bicyclic) bond motifs is 1. The fourth-order valence-corrected chi connectivity index (χ4v) is 5.18. The number of carbonyl (C=O) groups is 1. The van der Waals surface area contributed by atoms with Crippen LogP contribution in [0.5, 0.6) is 0 Å². The first kappa shape index (κ1) is 21.0. The molecule has 164 valence electrons. The Morgan fingerprint density at radius 3 is 2.35 bits per heavy atom. The first-order valence-corrected chi connectivity index (χ1v) is 11.1. The van der Waals surface area contributed by atoms with Crippen molar-refractivity contribution in [1.82, 2.24) is 23.0 Å². The molecule has 0 unspecified atom stereocenters. The molecule has 0 radical (unpaired) electrons. The van der Waals surface area contributed by atoms with Gasteiger partial charge in [0.15, 0.2) is 11.2 Å². The Hall–Kier alpha value is -3.25. The first-order chi connectivity index (χ1) is 14.7. The minimum Gasteiger partial charge on any atom is -0.325 e. The first-order valence-electron chi connectivity index (χ1n) is 9.71. The molecule has 0 atom stereocenters. The number of nitrogens with zero attached hydrogens (tertiary/aromatic N) is 5. The van der Waals surface area contributed by atoms with E-state index >= 15 is 0 Å². The van der Waals surface area contributed by atoms with E-state index in [1.54, 1.807) is 0 Å². The highest BCUT2D eigenvalue weighted by Gasteiger charge is 2.27. The summed E-state index contributed by atoms with van der Waals surface area (Å²) in [5.41, 5.74) is -0.282. The molecule has 0 saturated carbocycles. The number of aromatic nitrogens is 4. The second kappa shape index (κ2) is 7.78. The Balaban J connectivity index is 1.52. The molecule has 1 fully saturated rings. The molecular weight excluding hydrogens is 424 g/mol. The largest absolute Gasteiger partial charge is 0.332 e. The molecule has 3 aromatic rings. The van der Waals surface area contributed by atoms with Crippen LogP contribution in [0.15, 0.2) is 45.1 Å². The highest BCUT2D eigenvalue weighted by atomic mass is 32.2. The molecule has 12 heteroatoms. The zero-order valence-corrected chi connectivity index (χ0v) is 17.9. The van der Waals surface area contributed by atoms with Gasteiger partial charge in [0.1, 0.15) is 6.54 Å². The van der Waals surface area contributed by atoms with Gasteiger partial charge in [0.25, 0.3) is 5.56 Å². The van der Waals surface area contributed by atoms with Crippen molar-refractivity contribution in [3.05, 3.63) is 51.4 Å². The quantitative estimate of drug-likeness (QED) is 0.581. The summed E-state index contributed by atoms with van der Waals surface area (Å²) in [6.07, 6.45) is 3.04. The Bertz CT molecular complexity index is 1380. The number of hydrogen-bond acceptors (Lipinski definition) is 6. The number of rotatable bonds is 5. The maximum Gasteiger partial charge on any atom is 0.332 e. The fraction of sp³-hybridized carbons (Fsp3) is 0.368. The van der Waals surface area contributed by atoms with Crippen LogP contribution in [0.3, 0.4) is 0 Å². The Kier molecular flexibility index (Phi) is 5.27. The highest BCUT2D eigenvalue weighted by molar-refractivity contribution is 7.89. The summed E-state index contributed by atoms with van der Waals surface area (Å²) in [5, 5.41) is 2.68. The smallest absolute Gasteiger partial charge is 0.325 e. The lowest BCUT2D eigenvalue weighted by molar-refractivity contribution is -0.116. The number of carbonyl (C=O) groups excluding carboxylic acids is 1. The summed E-state index contributed by atoms with van der Waals surface area (Å²) in [6.45, 7) is 0.841. The normalized spacial score (nSPS) is 14.9. The van der Waals surface area contributed by atoms with Crippen molar-refractivity contribution >= 4 is 32.8 Å². The van der Waals surface area contributed by atoms with Gasteiger partial charge < -0.3 is 9.88 Å². The van der Waals surface area contributed by atoms with Gasteiger partial charge in [0.2, 0.25) is 15.9 Å². The minimum atomic E-state index is -3.52. The molecule has 3 heterocycles. The lowest BCUT2D eigenvalue weighted by atomic mass is 10.3. The van der Waals surface area contributed by atoms with E-state index in [0.717, 1.165) is 17.4 Å². The van der Waals surface area contributed by atoms with Crippen LogP contribution in [-0.4, -0.2) is 50.4 Å². The third-order valence-electron chi connectivity index (χ3n) is 5.37. The zero-order chi connectivity index (χ0) is 22.3. The van der Waals surface area contributed by atoms with E-state index in [-0.39, 0.29) is 22.6 Å². The van der Waals surface area contributed by atoms with Gasteiger partial charge in [0.05, 0.1) is 11.2 Å². The molecule has 0 aliphatic carbocycles. The van der Waals surface area contributed by atoms with E-state index in [4.69, 9.17) is 0 Å². The Morgan fingerprint density at radius 1 is 1.06 bits per heavy atom. The molecule has 31 heavy (non-hydrogen) atoms. The van der Waals surface area contributed by atoms with Crippen molar-refractivity contribution in [1.29, 1.82) is 0 Å². The molecule has 2 aromatic heterocycles. The molecule has 4 rings (SSSR count). The predicted molar refractivity (Wildman–Crippen MR) is 113 cm³/mol. The van der Waals surface area contributed by atoms with Gasteiger partial charge in [-0.2, -0.15) is 4.31 Å². The van der Waals surface area contributed by atoms with Gasteiger partial charge in [-0.1, -0.05) is 0 Å². The van der Waals surface area contributed by atoms with Crippen LogP contribution in [0.4, 0.5) is 5.69 Å². The average molecular weight is 446 g/mol. The summed E-state index contributed by atoms with van der Waals surface area (Å²) >= 11 is 0. The van der Waals surface area contributed by atoms with E-state index in [1.807, 2.05) is 0 Å². The highest BCUT2D eigenvalue weighted by Crippen LogP contribution is 2.22. The molecule has 1 N–H and O–H groups in total. The number of benzene rings is 1. The van der Waals surface area contributed by atoms with Crippen LogP contribution in [0.25, 0.3) is 11.2 Å². The van der Waals surface area contributed by atoms with Gasteiger partial charge in [-0.15, -0.1) is 0 Å². The van der Waals surface area contributed by atoms with Gasteiger partial charge in [-0.25, -0.2) is 18.2 Å². The second-order valence-corrected chi connectivity index (χ2v) is 9.37. The summed E-state index contributed by atoms with van der Waals surface area (Å²) in [5.74, 6) is -0.426. The minimum absolute atomic E-state index is 0.145. The maximum atomic E-state index is 12.6. The van der Waals surface area contributed by atoms with Crippen molar-refractivity contribution in [3.63, 3.8) is 0 Å². The summed E-state index contributed by atoms with van der Waals surface area (Å²) < 4.78 is 30.2. The zero-order valence-electron chi connectivity index (χ0n) is 17.1. The van der Waals surface area contributed by atoms with Crippen LogP contribution in [0, 0.1) is 0 Å². The second-order valence-electron chi connectivity index (χ2n) is 7.43. The van der Waals surface area contributed by atoms with Gasteiger partial charge in [-0.3, -0.25) is 18.7 Å². The van der Waals surface area contributed by atoms with Gasteiger partial charge in [0, 0.05) is 32.9 Å². The lowest BCUT2D eigenvalue weighted by Gasteiger charge is -2.15. The van der Waals surface area contributed by atoms with Crippen LogP contribution in [-0.2, 0) is 35.5 Å². The van der Waals surface area contributed by atoms with Crippen molar-refractivity contribution in [2.45, 2.75) is 24.3 Å². The van der Waals surface area contributed by atoms with Crippen LogP contribution in [0.2, 0.25) is 0 Å². The Labute approximate surface area is 177 Å². The third-order valence-corrected chi connectivity index (χ3v) is 7.28. The standard InChI is InChI=1S/C19H22N6O5S/c1-22-17-16(18(27)23(2)19(22)28)24(12-20-17)11-15(26)21-13-5-7-14(8-6-13)31(29,30)25-9-3-4-10-25/h5-8,12H,3-4,9-11H2,1-2H3,(H,21,26). The number of sulfonamides is 1. The van der Waals surface area contributed by atoms with E-state index in [2.05, 4.69) is 10.3 Å². The van der Waals surface area contributed by atoms with Crippen LogP contribution >= 0.6 is 0 Å². The maximum absolute atomic E-state index is 12.6. The summed E-state index contributed by atoms with van der Waals surface area (Å²) in [7, 11) is -0.663. The molecule has 0 bridgehead atoms. The van der Waals surface area contributed by atoms with E-state index in [9.17, 15) is 22.8 Å². The van der Waals surface area contributed by atoms with Crippen molar-refractivity contribution in [2.75, 3.05) is 18.4 Å². The SMILES string of the molecule is Cn1c(=O)c2c(ncn2CC(=O)Nc2ccc(S(=O)(=O)N3CCCC3)cc2)n(C)c1=O. The van der Waals surface area contributed by atoms with Gasteiger partial charge >= 0.3 is 5.69 Å².